The zero-order chi connectivity index (χ0) is 9.64. The topological polar surface area (TPSA) is 12.5 Å². The Kier molecular flexibility index (Phi) is 2.16. The molecule has 2 aliphatic rings. The van der Waals surface area contributed by atoms with Crippen LogP contribution in [-0.4, -0.2) is 37.2 Å². The maximum atomic E-state index is 5.96. The van der Waals surface area contributed by atoms with Crippen molar-refractivity contribution in [3.05, 3.63) is 0 Å². The van der Waals surface area contributed by atoms with Gasteiger partial charge in [-0.2, -0.15) is 0 Å². The van der Waals surface area contributed by atoms with Crippen molar-refractivity contribution in [1.82, 2.24) is 4.90 Å². The van der Waals surface area contributed by atoms with Crippen molar-refractivity contribution in [2.75, 3.05) is 20.2 Å². The van der Waals surface area contributed by atoms with Gasteiger partial charge in [-0.25, -0.2) is 0 Å². The Morgan fingerprint density at radius 2 is 2.08 bits per heavy atom. The van der Waals surface area contributed by atoms with Crippen LogP contribution >= 0.6 is 0 Å². The largest absolute Gasteiger partial charge is 0.376 e. The lowest BCUT2D eigenvalue weighted by atomic mass is 9.81. The van der Waals surface area contributed by atoms with E-state index in [1.165, 1.54) is 13.0 Å². The number of ether oxygens (including phenoxy) is 1. The Bertz CT molecular complexity index is 202. The highest BCUT2D eigenvalue weighted by Gasteiger charge is 2.44. The monoisotopic (exact) mass is 183 g/mol. The third-order valence-corrected chi connectivity index (χ3v) is 3.51. The fraction of sp³-hybridized carbons (Fsp3) is 1.00. The van der Waals surface area contributed by atoms with E-state index in [4.69, 9.17) is 4.74 Å². The van der Waals surface area contributed by atoms with E-state index >= 15 is 0 Å². The molecule has 2 heterocycles. The minimum Gasteiger partial charge on any atom is -0.376 e. The molecular formula is C11H21NO. The lowest BCUT2D eigenvalue weighted by Crippen LogP contribution is -2.45. The number of fused-ring (bicyclic) bond motifs is 1. The van der Waals surface area contributed by atoms with Crippen molar-refractivity contribution in [3.63, 3.8) is 0 Å². The summed E-state index contributed by atoms with van der Waals surface area (Å²) in [5.41, 5.74) is 0.374. The van der Waals surface area contributed by atoms with E-state index in [1.807, 2.05) is 0 Å². The fourth-order valence-corrected chi connectivity index (χ4v) is 2.82. The highest BCUT2D eigenvalue weighted by Crippen LogP contribution is 2.38. The molecule has 0 bridgehead atoms. The normalized spacial score (nSPS) is 44.8. The average Bonchev–Trinajstić information content (AvgIpc) is 2.26. The summed E-state index contributed by atoms with van der Waals surface area (Å²) in [5, 5.41) is 0. The first kappa shape index (κ1) is 9.47. The van der Waals surface area contributed by atoms with Crippen LogP contribution in [0.1, 0.15) is 27.2 Å². The molecule has 0 saturated carbocycles. The predicted octanol–water partition coefficient (Wildman–Crippen LogP) is 1.75. The Morgan fingerprint density at radius 1 is 1.38 bits per heavy atom. The van der Waals surface area contributed by atoms with Crippen molar-refractivity contribution < 1.29 is 4.74 Å². The second kappa shape index (κ2) is 2.96. The van der Waals surface area contributed by atoms with Gasteiger partial charge in [0, 0.05) is 12.6 Å². The van der Waals surface area contributed by atoms with E-state index in [2.05, 4.69) is 32.7 Å². The van der Waals surface area contributed by atoms with Gasteiger partial charge in [-0.05, 0) is 24.8 Å². The van der Waals surface area contributed by atoms with Crippen molar-refractivity contribution in [2.24, 2.45) is 11.3 Å². The first-order valence-electron chi connectivity index (χ1n) is 5.31. The molecule has 3 atom stereocenters. The van der Waals surface area contributed by atoms with Gasteiger partial charge in [-0.1, -0.05) is 20.8 Å². The van der Waals surface area contributed by atoms with Gasteiger partial charge in [-0.3, -0.25) is 0 Å². The van der Waals surface area contributed by atoms with Crippen LogP contribution in [0.3, 0.4) is 0 Å². The molecule has 0 N–H and O–H groups in total. The van der Waals surface area contributed by atoms with E-state index in [9.17, 15) is 0 Å². The van der Waals surface area contributed by atoms with Gasteiger partial charge in [0.1, 0.15) is 0 Å². The minimum atomic E-state index is 0.374. The number of likely N-dealkylation sites (tertiary alicyclic amines) is 1. The summed E-state index contributed by atoms with van der Waals surface area (Å²) in [6.07, 6.45) is 1.79. The first-order valence-corrected chi connectivity index (χ1v) is 5.31. The van der Waals surface area contributed by atoms with Crippen LogP contribution < -0.4 is 0 Å². The molecule has 13 heavy (non-hydrogen) atoms. The zero-order valence-electron chi connectivity index (χ0n) is 9.21. The van der Waals surface area contributed by atoms with Crippen LogP contribution in [0.2, 0.25) is 0 Å². The molecule has 0 amide bonds. The molecule has 76 valence electrons. The molecule has 2 heteroatoms. The summed E-state index contributed by atoms with van der Waals surface area (Å²) >= 11 is 0. The number of rotatable bonds is 0. The molecule has 2 rings (SSSR count). The predicted molar refractivity (Wildman–Crippen MR) is 53.7 cm³/mol. The fourth-order valence-electron chi connectivity index (χ4n) is 2.82. The van der Waals surface area contributed by atoms with Gasteiger partial charge in [0.05, 0.1) is 12.7 Å². The molecule has 2 aliphatic heterocycles. The average molecular weight is 183 g/mol. The van der Waals surface area contributed by atoms with Crippen LogP contribution in [-0.2, 0) is 4.74 Å². The van der Waals surface area contributed by atoms with Crippen molar-refractivity contribution in [2.45, 2.75) is 39.3 Å². The molecule has 2 saturated heterocycles. The van der Waals surface area contributed by atoms with E-state index in [0.717, 1.165) is 6.61 Å². The number of hydrogen-bond donors (Lipinski definition) is 0. The maximum Gasteiger partial charge on any atom is 0.0768 e. The summed E-state index contributed by atoms with van der Waals surface area (Å²) in [5.74, 6) is 0.714. The first-order chi connectivity index (χ1) is 5.99. The molecule has 0 aromatic rings. The summed E-state index contributed by atoms with van der Waals surface area (Å²) in [6, 6.07) is 0.666. The van der Waals surface area contributed by atoms with Gasteiger partial charge >= 0.3 is 0 Å². The van der Waals surface area contributed by atoms with Gasteiger partial charge in [0.15, 0.2) is 0 Å². The number of hydrogen-bond acceptors (Lipinski definition) is 2. The van der Waals surface area contributed by atoms with Crippen molar-refractivity contribution in [3.8, 4) is 0 Å². The van der Waals surface area contributed by atoms with Gasteiger partial charge in [0.25, 0.3) is 0 Å². The van der Waals surface area contributed by atoms with Crippen molar-refractivity contribution in [1.29, 1.82) is 0 Å². The smallest absolute Gasteiger partial charge is 0.0768 e. The molecule has 0 radical (unpaired) electrons. The van der Waals surface area contributed by atoms with E-state index in [1.54, 1.807) is 0 Å². The standard InChI is InChI=1S/C11H21NO/c1-8-6-12(4)9-5-11(2,3)7-13-10(8)9/h8-10H,5-7H2,1-4H3/t8-,9-,10-/m0/s1. The van der Waals surface area contributed by atoms with Crippen molar-refractivity contribution >= 4 is 0 Å². The number of likely N-dealkylation sites (N-methyl/N-ethyl adjacent to an activating group) is 1. The second-order valence-corrected chi connectivity index (χ2v) is 5.63. The van der Waals surface area contributed by atoms with Crippen LogP contribution in [0.15, 0.2) is 0 Å². The Labute approximate surface area is 81.3 Å². The summed E-state index contributed by atoms with van der Waals surface area (Å²) in [7, 11) is 2.23. The molecule has 0 unspecified atom stereocenters. The van der Waals surface area contributed by atoms with Gasteiger partial charge < -0.3 is 9.64 Å². The molecule has 0 aliphatic carbocycles. The van der Waals surface area contributed by atoms with Crippen LogP contribution in [0.25, 0.3) is 0 Å². The quantitative estimate of drug-likeness (QED) is 0.567. The van der Waals surface area contributed by atoms with Gasteiger partial charge in [-0.15, -0.1) is 0 Å². The van der Waals surface area contributed by atoms with E-state index in [-0.39, 0.29) is 0 Å². The summed E-state index contributed by atoms with van der Waals surface area (Å²) in [4.78, 5) is 2.47. The lowest BCUT2D eigenvalue weighted by Gasteiger charge is -2.40. The number of nitrogens with zero attached hydrogens (tertiary/aromatic N) is 1. The van der Waals surface area contributed by atoms with E-state index in [0.29, 0.717) is 23.5 Å². The Balaban J connectivity index is 2.11. The van der Waals surface area contributed by atoms with Crippen LogP contribution in [0.5, 0.6) is 0 Å². The Hall–Kier alpha value is -0.0800. The van der Waals surface area contributed by atoms with E-state index < -0.39 is 0 Å². The molecule has 0 aromatic carbocycles. The zero-order valence-corrected chi connectivity index (χ0v) is 9.21. The minimum absolute atomic E-state index is 0.374. The summed E-state index contributed by atoms with van der Waals surface area (Å²) in [6.45, 7) is 9.05. The molecule has 0 spiro atoms. The third kappa shape index (κ3) is 1.62. The lowest BCUT2D eigenvalue weighted by molar-refractivity contribution is -0.0802. The summed E-state index contributed by atoms with van der Waals surface area (Å²) < 4.78 is 5.96. The highest BCUT2D eigenvalue weighted by atomic mass is 16.5. The SMILES string of the molecule is C[C@H]1CN(C)[C@H]2CC(C)(C)CO[C@@H]12. The highest BCUT2D eigenvalue weighted by molar-refractivity contribution is 4.96. The van der Waals surface area contributed by atoms with Gasteiger partial charge in [0.2, 0.25) is 0 Å². The maximum absolute atomic E-state index is 5.96. The molecule has 0 aromatic heterocycles. The van der Waals surface area contributed by atoms with Crippen LogP contribution in [0.4, 0.5) is 0 Å². The van der Waals surface area contributed by atoms with Crippen LogP contribution in [0, 0.1) is 11.3 Å². The molecule has 2 fully saturated rings. The molecule has 2 nitrogen and oxygen atoms in total. The third-order valence-electron chi connectivity index (χ3n) is 3.51. The molecular weight excluding hydrogens is 162 g/mol. The second-order valence-electron chi connectivity index (χ2n) is 5.63. The Morgan fingerprint density at radius 3 is 2.77 bits per heavy atom.